The molecule has 5 aliphatic carbocycles. The normalized spacial score (nSPS) is 46.4. The van der Waals surface area contributed by atoms with Crippen molar-refractivity contribution >= 4 is 29.4 Å². The average Bonchev–Trinajstić information content (AvgIpc) is 3.61. The number of fused-ring (bicyclic) bond motifs is 2. The number of aliphatic hydroxyl groups is 2. The molecule has 13 heteroatoms. The molecule has 1 aromatic carbocycles. The van der Waals surface area contributed by atoms with Crippen LogP contribution >= 0.6 is 0 Å². The number of likely N-dealkylation sites (tertiary alicyclic amines) is 1. The standard InChI is InChI=1S/C38H50N2O11/c1-7-39-17-35(18-50-33(44)21-10-8-9-11-24(21)40-27(42)14-19(2)32(40)43)13-12-26(48-5)37-23-15-22-25(47-4)16-36(45,28(23)29(22)51-20(3)41)38(46,34(37)39)31(49-6)30(35)37/h8-11,19,22-23,25-26,28-31,34,45-46H,7,12-18H2,1-6H3/t19?,22-,23-,25+,26?,28-,29+,30-,31+,34-,35+,36-,37?,38+/m1/s1. The van der Waals surface area contributed by atoms with Gasteiger partial charge in [-0.05, 0) is 43.9 Å². The zero-order valence-electron chi connectivity index (χ0n) is 30.2. The number of carbonyl (C=O) groups excluding carboxylic acids is 4. The highest BCUT2D eigenvalue weighted by molar-refractivity contribution is 6.22. The van der Waals surface area contributed by atoms with Crippen LogP contribution in [0.5, 0.6) is 0 Å². The van der Waals surface area contributed by atoms with E-state index in [-0.39, 0.29) is 60.5 Å². The number of amides is 2. The minimum atomic E-state index is -1.82. The second kappa shape index (κ2) is 11.8. The number of hydrogen-bond donors (Lipinski definition) is 2. The van der Waals surface area contributed by atoms with Crippen LogP contribution in [0.4, 0.5) is 5.69 Å². The first-order chi connectivity index (χ1) is 24.3. The van der Waals surface area contributed by atoms with Crippen LogP contribution in [0.2, 0.25) is 0 Å². The van der Waals surface area contributed by atoms with Gasteiger partial charge in [0, 0.05) is 82.1 Å². The molecular weight excluding hydrogens is 660 g/mol. The zero-order chi connectivity index (χ0) is 36.4. The van der Waals surface area contributed by atoms with Gasteiger partial charge in [-0.3, -0.25) is 19.3 Å². The van der Waals surface area contributed by atoms with Gasteiger partial charge in [-0.1, -0.05) is 26.0 Å². The lowest BCUT2D eigenvalue weighted by Crippen LogP contribution is -2.82. The summed E-state index contributed by atoms with van der Waals surface area (Å²) in [6.45, 7) is 6.10. The minimum absolute atomic E-state index is 0.0201. The van der Waals surface area contributed by atoms with Gasteiger partial charge in [-0.25, -0.2) is 9.69 Å². The first-order valence-electron chi connectivity index (χ1n) is 18.4. The van der Waals surface area contributed by atoms with Gasteiger partial charge in [0.2, 0.25) is 11.8 Å². The second-order valence-electron chi connectivity index (χ2n) is 16.3. The highest BCUT2D eigenvalue weighted by Gasteiger charge is 2.92. The molecular formula is C38H50N2O11. The molecule has 2 amide bonds. The minimum Gasteiger partial charge on any atom is -0.462 e. The van der Waals surface area contributed by atoms with Crippen LogP contribution in [0.1, 0.15) is 63.2 Å². The molecule has 8 rings (SSSR count). The van der Waals surface area contributed by atoms with E-state index >= 15 is 0 Å². The summed E-state index contributed by atoms with van der Waals surface area (Å²) in [4.78, 5) is 55.9. The van der Waals surface area contributed by atoms with Crippen LogP contribution in [0.15, 0.2) is 24.3 Å². The molecule has 0 radical (unpaired) electrons. The number of esters is 2. The number of piperidine rings is 1. The van der Waals surface area contributed by atoms with E-state index in [0.717, 1.165) is 4.90 Å². The van der Waals surface area contributed by atoms with Crippen LogP contribution in [0, 0.1) is 40.4 Å². The van der Waals surface area contributed by atoms with Gasteiger partial charge in [-0.15, -0.1) is 0 Å². The molecule has 0 aromatic heterocycles. The summed E-state index contributed by atoms with van der Waals surface area (Å²) in [6, 6.07) is 5.95. The van der Waals surface area contributed by atoms with Crippen molar-refractivity contribution in [3.05, 3.63) is 29.8 Å². The number of nitrogens with zero attached hydrogens (tertiary/aromatic N) is 2. The van der Waals surface area contributed by atoms with Crippen LogP contribution in [0.3, 0.4) is 0 Å². The van der Waals surface area contributed by atoms with Crippen LogP contribution in [-0.2, 0) is 38.1 Å². The second-order valence-corrected chi connectivity index (χ2v) is 16.3. The Labute approximate surface area is 297 Å². The number of hydrogen-bond acceptors (Lipinski definition) is 12. The van der Waals surface area contributed by atoms with Crippen molar-refractivity contribution in [3.8, 4) is 0 Å². The quantitative estimate of drug-likeness (QED) is 0.284. The first kappa shape index (κ1) is 35.1. The molecule has 51 heavy (non-hydrogen) atoms. The Hall–Kier alpha value is -2.94. The van der Waals surface area contributed by atoms with Crippen molar-refractivity contribution in [1.29, 1.82) is 0 Å². The van der Waals surface area contributed by atoms with E-state index in [1.807, 2.05) is 6.92 Å². The molecule has 14 atom stereocenters. The van der Waals surface area contributed by atoms with Crippen molar-refractivity contribution in [3.63, 3.8) is 0 Å². The van der Waals surface area contributed by atoms with Gasteiger partial charge < -0.3 is 33.9 Å². The van der Waals surface area contributed by atoms with Gasteiger partial charge in [0.25, 0.3) is 0 Å². The summed E-state index contributed by atoms with van der Waals surface area (Å²) >= 11 is 0. The van der Waals surface area contributed by atoms with E-state index in [4.69, 9.17) is 23.7 Å². The van der Waals surface area contributed by atoms with Crippen molar-refractivity contribution in [2.24, 2.45) is 40.4 Å². The average molecular weight is 711 g/mol. The molecule has 1 aromatic rings. The summed E-state index contributed by atoms with van der Waals surface area (Å²) in [5, 5.41) is 26.7. The third kappa shape index (κ3) is 4.19. The fourth-order valence-electron chi connectivity index (χ4n) is 13.2. The smallest absolute Gasteiger partial charge is 0.340 e. The summed E-state index contributed by atoms with van der Waals surface area (Å²) in [7, 11) is 4.85. The molecule has 2 aliphatic heterocycles. The van der Waals surface area contributed by atoms with E-state index in [1.165, 1.54) is 6.92 Å². The molecule has 2 N–H and O–H groups in total. The Balaban J connectivity index is 1.24. The highest BCUT2D eigenvalue weighted by Crippen LogP contribution is 2.80. The van der Waals surface area contributed by atoms with Gasteiger partial charge in [0.05, 0.1) is 42.2 Å². The van der Waals surface area contributed by atoms with Gasteiger partial charge in [0.15, 0.2) is 0 Å². The number of carbonyl (C=O) groups is 4. The lowest BCUT2D eigenvalue weighted by Gasteiger charge is -2.70. The lowest BCUT2D eigenvalue weighted by molar-refractivity contribution is -0.319. The highest BCUT2D eigenvalue weighted by atomic mass is 16.6. The monoisotopic (exact) mass is 710 g/mol. The molecule has 278 valence electrons. The van der Waals surface area contributed by atoms with E-state index < -0.39 is 76.1 Å². The largest absolute Gasteiger partial charge is 0.462 e. The first-order valence-corrected chi connectivity index (χ1v) is 18.4. The van der Waals surface area contributed by atoms with Gasteiger partial charge in [0.1, 0.15) is 17.3 Å². The van der Waals surface area contributed by atoms with E-state index in [2.05, 4.69) is 4.90 Å². The third-order valence-electron chi connectivity index (χ3n) is 14.6. The Morgan fingerprint density at radius 3 is 2.43 bits per heavy atom. The Kier molecular flexibility index (Phi) is 8.11. The Morgan fingerprint density at radius 2 is 1.80 bits per heavy atom. The number of anilines is 1. The predicted octanol–water partition coefficient (Wildman–Crippen LogP) is 1.95. The molecule has 2 saturated heterocycles. The van der Waals surface area contributed by atoms with Crippen molar-refractivity contribution < 1.29 is 53.1 Å². The van der Waals surface area contributed by atoms with Crippen molar-refractivity contribution in [2.75, 3.05) is 45.9 Å². The van der Waals surface area contributed by atoms with Crippen LogP contribution < -0.4 is 4.90 Å². The van der Waals surface area contributed by atoms with E-state index in [1.54, 1.807) is 52.5 Å². The molecule has 2 heterocycles. The number of likely N-dealkylation sites (N-methyl/N-ethyl adjacent to an activating group) is 1. The van der Waals surface area contributed by atoms with Crippen molar-refractivity contribution in [1.82, 2.24) is 4.90 Å². The molecule has 1 spiro atoms. The zero-order valence-corrected chi connectivity index (χ0v) is 30.2. The lowest BCUT2D eigenvalue weighted by atomic mass is 9.42. The van der Waals surface area contributed by atoms with Crippen LogP contribution in [-0.4, -0.2) is 122 Å². The summed E-state index contributed by atoms with van der Waals surface area (Å²) in [6.07, 6.45) is -0.303. The summed E-state index contributed by atoms with van der Waals surface area (Å²) in [5.74, 6) is -3.74. The molecule has 7 aliphatic rings. The predicted molar refractivity (Wildman–Crippen MR) is 179 cm³/mol. The molecule has 3 unspecified atom stereocenters. The number of benzene rings is 1. The van der Waals surface area contributed by atoms with Gasteiger partial charge in [-0.2, -0.15) is 0 Å². The fourth-order valence-corrected chi connectivity index (χ4v) is 13.2. The van der Waals surface area contributed by atoms with Crippen molar-refractivity contribution in [2.45, 2.75) is 94.5 Å². The number of rotatable bonds is 9. The number of para-hydroxylation sites is 1. The van der Waals surface area contributed by atoms with E-state index in [9.17, 15) is 29.4 Å². The maximum Gasteiger partial charge on any atom is 0.340 e. The Bertz CT molecular complexity index is 1650. The Morgan fingerprint density at radius 1 is 1.06 bits per heavy atom. The SMILES string of the molecule is CCN1C[C@]2(COC(=O)c3ccccc3N3C(=O)CC(C)C3=O)CCC(OC)C34[C@@H]5C[C@H]6[C@H](OC(C)=O)[C@@H]5[C@](O)(C[C@@H]6OC)[C@@](O)([C@H]13)[C@@H](OC)[C@@H]42. The summed E-state index contributed by atoms with van der Waals surface area (Å²) < 4.78 is 31.1. The maximum absolute atomic E-state index is 14.1. The number of ether oxygens (including phenoxy) is 5. The summed E-state index contributed by atoms with van der Waals surface area (Å²) in [5.41, 5.74) is -4.72. The molecule has 13 nitrogen and oxygen atoms in total. The van der Waals surface area contributed by atoms with Crippen LogP contribution in [0.25, 0.3) is 0 Å². The van der Waals surface area contributed by atoms with E-state index in [0.29, 0.717) is 32.4 Å². The maximum atomic E-state index is 14.1. The number of imide groups is 1. The fraction of sp³-hybridized carbons (Fsp3) is 0.737. The molecule has 7 bridgehead atoms. The third-order valence-corrected chi connectivity index (χ3v) is 14.6. The number of methoxy groups -OCH3 is 3. The molecule has 5 saturated carbocycles. The molecule has 7 fully saturated rings. The topological polar surface area (TPSA) is 161 Å². The van der Waals surface area contributed by atoms with Gasteiger partial charge >= 0.3 is 11.9 Å².